The predicted molar refractivity (Wildman–Crippen MR) is 76.6 cm³/mol. The number of nitrogens with one attached hydrogen (secondary N) is 1. The number of aromatic nitrogens is 2. The number of hydrogen-bond donors (Lipinski definition) is 2. The first kappa shape index (κ1) is 14.9. The molecule has 0 aliphatic carbocycles. The highest BCUT2D eigenvalue weighted by atomic mass is 32.2. The van der Waals surface area contributed by atoms with Crippen LogP contribution in [0.25, 0.3) is 0 Å². The van der Waals surface area contributed by atoms with Crippen LogP contribution in [0, 0.1) is 0 Å². The van der Waals surface area contributed by atoms with Crippen LogP contribution in [0.4, 0.5) is 0 Å². The van der Waals surface area contributed by atoms with Crippen molar-refractivity contribution in [3.8, 4) is 0 Å². The first-order chi connectivity index (χ1) is 9.53. The number of rotatable bonds is 5. The Kier molecular flexibility index (Phi) is 4.69. The maximum atomic E-state index is 12.0. The maximum absolute atomic E-state index is 12.0. The highest BCUT2D eigenvalue weighted by Crippen LogP contribution is 2.27. The standard InChI is InChI=1S/C13H19N3O3S/c1-16-10(4-7-14-16)2-3-11(17)15-13(12(18)19)5-8-20-9-6-13/h4,7H,2-3,5-6,8-9H2,1H3,(H,15,17)(H,18,19). The lowest BCUT2D eigenvalue weighted by molar-refractivity contribution is -0.148. The van der Waals surface area contributed by atoms with Crippen molar-refractivity contribution in [3.05, 3.63) is 18.0 Å². The lowest BCUT2D eigenvalue weighted by Crippen LogP contribution is -2.56. The number of amides is 1. The number of thioether (sulfide) groups is 1. The Morgan fingerprint density at radius 1 is 1.50 bits per heavy atom. The quantitative estimate of drug-likeness (QED) is 0.840. The summed E-state index contributed by atoms with van der Waals surface area (Å²) >= 11 is 1.73. The van der Waals surface area contributed by atoms with Gasteiger partial charge in [-0.1, -0.05) is 0 Å². The van der Waals surface area contributed by atoms with Crippen molar-refractivity contribution in [1.29, 1.82) is 0 Å². The molecule has 20 heavy (non-hydrogen) atoms. The Morgan fingerprint density at radius 2 is 2.20 bits per heavy atom. The molecule has 0 radical (unpaired) electrons. The van der Waals surface area contributed by atoms with Crippen molar-refractivity contribution in [2.24, 2.45) is 7.05 Å². The normalized spacial score (nSPS) is 17.6. The van der Waals surface area contributed by atoms with Gasteiger partial charge in [0.15, 0.2) is 0 Å². The molecule has 0 saturated carbocycles. The van der Waals surface area contributed by atoms with Gasteiger partial charge in [0.2, 0.25) is 5.91 Å². The minimum absolute atomic E-state index is 0.208. The molecule has 0 atom stereocenters. The maximum Gasteiger partial charge on any atom is 0.329 e. The third-order valence-electron chi connectivity index (χ3n) is 3.67. The van der Waals surface area contributed by atoms with Crippen LogP contribution < -0.4 is 5.32 Å². The van der Waals surface area contributed by atoms with Crippen molar-refractivity contribution in [1.82, 2.24) is 15.1 Å². The monoisotopic (exact) mass is 297 g/mol. The largest absolute Gasteiger partial charge is 0.480 e. The summed E-state index contributed by atoms with van der Waals surface area (Å²) in [5.41, 5.74) is -0.113. The average molecular weight is 297 g/mol. The summed E-state index contributed by atoms with van der Waals surface area (Å²) in [6, 6.07) is 1.86. The minimum Gasteiger partial charge on any atom is -0.480 e. The van der Waals surface area contributed by atoms with Gasteiger partial charge in [0, 0.05) is 25.4 Å². The van der Waals surface area contributed by atoms with Crippen LogP contribution in [0.3, 0.4) is 0 Å². The molecule has 2 heterocycles. The van der Waals surface area contributed by atoms with Gasteiger partial charge in [-0.25, -0.2) is 4.79 Å². The summed E-state index contributed by atoms with van der Waals surface area (Å²) in [6.45, 7) is 0. The lowest BCUT2D eigenvalue weighted by atomic mass is 9.92. The summed E-state index contributed by atoms with van der Waals surface area (Å²) in [6.07, 6.45) is 3.51. The smallest absolute Gasteiger partial charge is 0.329 e. The van der Waals surface area contributed by atoms with Gasteiger partial charge in [-0.05, 0) is 36.8 Å². The molecule has 0 unspecified atom stereocenters. The Balaban J connectivity index is 1.92. The molecule has 1 aliphatic heterocycles. The van der Waals surface area contributed by atoms with Gasteiger partial charge in [-0.2, -0.15) is 16.9 Å². The van der Waals surface area contributed by atoms with Crippen LogP contribution in [0.2, 0.25) is 0 Å². The third kappa shape index (κ3) is 3.33. The second kappa shape index (κ2) is 6.30. The van der Waals surface area contributed by atoms with E-state index in [9.17, 15) is 14.7 Å². The number of carboxylic acids is 1. The van der Waals surface area contributed by atoms with E-state index < -0.39 is 11.5 Å². The first-order valence-electron chi connectivity index (χ1n) is 6.62. The predicted octanol–water partition coefficient (Wildman–Crippen LogP) is 0.819. The zero-order valence-corrected chi connectivity index (χ0v) is 12.3. The first-order valence-corrected chi connectivity index (χ1v) is 7.78. The average Bonchev–Trinajstić information content (AvgIpc) is 2.83. The molecular weight excluding hydrogens is 278 g/mol. The Bertz CT molecular complexity index is 495. The molecule has 0 spiro atoms. The summed E-state index contributed by atoms with van der Waals surface area (Å²) < 4.78 is 1.72. The van der Waals surface area contributed by atoms with E-state index in [0.29, 0.717) is 19.3 Å². The molecular formula is C13H19N3O3S. The molecule has 1 fully saturated rings. The van der Waals surface area contributed by atoms with Crippen molar-refractivity contribution >= 4 is 23.6 Å². The van der Waals surface area contributed by atoms with E-state index in [-0.39, 0.29) is 12.3 Å². The Hall–Kier alpha value is -1.50. The summed E-state index contributed by atoms with van der Waals surface area (Å²) in [5, 5.41) is 16.2. The van der Waals surface area contributed by atoms with Gasteiger partial charge < -0.3 is 10.4 Å². The van der Waals surface area contributed by atoms with E-state index in [0.717, 1.165) is 17.2 Å². The Morgan fingerprint density at radius 3 is 2.75 bits per heavy atom. The molecule has 6 nitrogen and oxygen atoms in total. The number of aliphatic carboxylic acids is 1. The molecule has 0 bridgehead atoms. The number of nitrogens with zero attached hydrogens (tertiary/aromatic N) is 2. The van der Waals surface area contributed by atoms with Crippen LogP contribution in [0.5, 0.6) is 0 Å². The van der Waals surface area contributed by atoms with E-state index in [2.05, 4.69) is 10.4 Å². The van der Waals surface area contributed by atoms with E-state index in [1.807, 2.05) is 13.1 Å². The number of carboxylic acid groups (broad SMARTS) is 1. The zero-order valence-electron chi connectivity index (χ0n) is 11.5. The van der Waals surface area contributed by atoms with Crippen LogP contribution in [-0.4, -0.2) is 43.8 Å². The third-order valence-corrected chi connectivity index (χ3v) is 4.65. The van der Waals surface area contributed by atoms with Gasteiger partial charge in [-0.3, -0.25) is 9.48 Å². The summed E-state index contributed by atoms with van der Waals surface area (Å²) in [7, 11) is 1.82. The molecule has 1 aromatic rings. The van der Waals surface area contributed by atoms with Gasteiger partial charge in [0.05, 0.1) is 0 Å². The summed E-state index contributed by atoms with van der Waals surface area (Å²) in [4.78, 5) is 23.5. The van der Waals surface area contributed by atoms with Crippen molar-refractivity contribution in [2.75, 3.05) is 11.5 Å². The topological polar surface area (TPSA) is 84.2 Å². The van der Waals surface area contributed by atoms with Crippen LogP contribution >= 0.6 is 11.8 Å². The molecule has 2 rings (SSSR count). The molecule has 110 valence electrons. The van der Waals surface area contributed by atoms with Gasteiger partial charge in [0.25, 0.3) is 0 Å². The molecule has 1 amide bonds. The molecule has 0 aromatic carbocycles. The van der Waals surface area contributed by atoms with Crippen molar-refractivity contribution in [3.63, 3.8) is 0 Å². The summed E-state index contributed by atoms with van der Waals surface area (Å²) in [5.74, 6) is 0.412. The van der Waals surface area contributed by atoms with E-state index in [1.165, 1.54) is 0 Å². The molecule has 1 saturated heterocycles. The molecule has 2 N–H and O–H groups in total. The van der Waals surface area contributed by atoms with E-state index in [1.54, 1.807) is 22.6 Å². The highest BCUT2D eigenvalue weighted by molar-refractivity contribution is 7.99. The zero-order chi connectivity index (χ0) is 14.6. The molecule has 7 heteroatoms. The fourth-order valence-corrected chi connectivity index (χ4v) is 3.52. The van der Waals surface area contributed by atoms with Crippen molar-refractivity contribution < 1.29 is 14.7 Å². The van der Waals surface area contributed by atoms with Crippen LogP contribution in [0.15, 0.2) is 12.3 Å². The van der Waals surface area contributed by atoms with Crippen LogP contribution in [0.1, 0.15) is 25.0 Å². The van der Waals surface area contributed by atoms with Crippen LogP contribution in [-0.2, 0) is 23.1 Å². The fourth-order valence-electron chi connectivity index (χ4n) is 2.33. The minimum atomic E-state index is -1.07. The van der Waals surface area contributed by atoms with Gasteiger partial charge in [0.1, 0.15) is 5.54 Å². The second-order valence-electron chi connectivity index (χ2n) is 4.99. The van der Waals surface area contributed by atoms with E-state index >= 15 is 0 Å². The number of carbonyl (C=O) groups excluding carboxylic acids is 1. The van der Waals surface area contributed by atoms with Crippen molar-refractivity contribution in [2.45, 2.75) is 31.2 Å². The highest BCUT2D eigenvalue weighted by Gasteiger charge is 2.41. The number of carbonyl (C=O) groups is 2. The fraction of sp³-hybridized carbons (Fsp3) is 0.615. The second-order valence-corrected chi connectivity index (χ2v) is 6.22. The SMILES string of the molecule is Cn1nccc1CCC(=O)NC1(C(=O)O)CCSCC1. The number of aryl methyl sites for hydroxylation is 2. The van der Waals surface area contributed by atoms with Gasteiger partial charge in [-0.15, -0.1) is 0 Å². The molecule has 1 aromatic heterocycles. The molecule has 1 aliphatic rings. The number of hydrogen-bond acceptors (Lipinski definition) is 4. The van der Waals surface area contributed by atoms with E-state index in [4.69, 9.17) is 0 Å². The van der Waals surface area contributed by atoms with Gasteiger partial charge >= 0.3 is 5.97 Å². The lowest BCUT2D eigenvalue weighted by Gasteiger charge is -2.33. The Labute approximate surface area is 121 Å².